The van der Waals surface area contributed by atoms with E-state index in [2.05, 4.69) is 15.6 Å². The molecule has 2 N–H and O–H groups in total. The fourth-order valence-electron chi connectivity index (χ4n) is 3.18. The topological polar surface area (TPSA) is 73.8 Å². The Bertz CT molecular complexity index is 913. The van der Waals surface area contributed by atoms with Crippen LogP contribution in [-0.4, -0.2) is 49.1 Å². The van der Waals surface area contributed by atoms with Gasteiger partial charge in [-0.15, -0.1) is 0 Å². The van der Waals surface area contributed by atoms with Gasteiger partial charge in [-0.25, -0.2) is 4.39 Å². The Morgan fingerprint density at radius 2 is 1.76 bits per heavy atom. The number of nitrogens with zero attached hydrogens (tertiary/aromatic N) is 2. The van der Waals surface area contributed by atoms with Gasteiger partial charge in [-0.2, -0.15) is 11.8 Å². The Balaban J connectivity index is 1.53. The van der Waals surface area contributed by atoms with Crippen molar-refractivity contribution < 1.29 is 14.0 Å². The molecule has 0 radical (unpaired) electrons. The van der Waals surface area contributed by atoms with Gasteiger partial charge in [0.15, 0.2) is 5.96 Å². The van der Waals surface area contributed by atoms with Gasteiger partial charge in [0.1, 0.15) is 5.82 Å². The van der Waals surface area contributed by atoms with E-state index in [1.165, 1.54) is 11.0 Å². The Hall–Kier alpha value is -2.87. The fourth-order valence-corrected chi connectivity index (χ4v) is 3.76. The highest BCUT2D eigenvalue weighted by atomic mass is 32.2. The molecule has 0 aliphatic carbocycles. The van der Waals surface area contributed by atoms with Gasteiger partial charge < -0.3 is 10.6 Å². The molecule has 6 nitrogen and oxygen atoms in total. The van der Waals surface area contributed by atoms with Crippen LogP contribution in [0, 0.1) is 5.82 Å². The first kappa shape index (κ1) is 20.9. The number of halogens is 1. The van der Waals surface area contributed by atoms with E-state index in [-0.39, 0.29) is 24.2 Å². The van der Waals surface area contributed by atoms with Crippen molar-refractivity contribution in [2.45, 2.75) is 12.3 Å². The summed E-state index contributed by atoms with van der Waals surface area (Å²) in [7, 11) is 1.64. The zero-order valence-corrected chi connectivity index (χ0v) is 17.2. The second kappa shape index (κ2) is 9.56. The number of fused-ring (bicyclic) bond motifs is 1. The summed E-state index contributed by atoms with van der Waals surface area (Å²) >= 11 is 1.63. The third kappa shape index (κ3) is 4.76. The van der Waals surface area contributed by atoms with Crippen LogP contribution in [0.1, 0.15) is 31.8 Å². The van der Waals surface area contributed by atoms with Crippen LogP contribution in [0.15, 0.2) is 47.5 Å². The summed E-state index contributed by atoms with van der Waals surface area (Å²) in [5.41, 5.74) is 2.81. The third-order valence-corrected chi connectivity index (χ3v) is 5.24. The molecule has 0 fully saturated rings. The fraction of sp³-hybridized carbons (Fsp3) is 0.286. The van der Waals surface area contributed by atoms with E-state index in [1.807, 2.05) is 6.26 Å². The highest BCUT2D eigenvalue weighted by Crippen LogP contribution is 2.21. The lowest BCUT2D eigenvalue weighted by atomic mass is 10.1. The van der Waals surface area contributed by atoms with Crippen LogP contribution in [0.5, 0.6) is 0 Å². The monoisotopic (exact) mass is 414 g/mol. The van der Waals surface area contributed by atoms with Gasteiger partial charge in [-0.1, -0.05) is 18.2 Å². The normalized spacial score (nSPS) is 13.6. The largest absolute Gasteiger partial charge is 0.355 e. The van der Waals surface area contributed by atoms with Gasteiger partial charge in [0, 0.05) is 32.4 Å². The van der Waals surface area contributed by atoms with E-state index in [0.29, 0.717) is 30.2 Å². The lowest BCUT2D eigenvalue weighted by molar-refractivity contribution is 0.0657. The second-order valence-electron chi connectivity index (χ2n) is 6.51. The molecule has 1 aliphatic rings. The molecule has 152 valence electrons. The van der Waals surface area contributed by atoms with E-state index in [9.17, 15) is 14.0 Å². The van der Waals surface area contributed by atoms with Crippen molar-refractivity contribution >= 4 is 29.5 Å². The van der Waals surface area contributed by atoms with Gasteiger partial charge in [0.05, 0.1) is 11.1 Å². The average Bonchev–Trinajstić information content (AvgIpc) is 2.97. The molecule has 0 atom stereocenters. The van der Waals surface area contributed by atoms with Crippen molar-refractivity contribution in [1.82, 2.24) is 15.5 Å². The molecule has 2 aromatic rings. The number of hydrogen-bond donors (Lipinski definition) is 2. The summed E-state index contributed by atoms with van der Waals surface area (Å²) in [4.78, 5) is 30.2. The van der Waals surface area contributed by atoms with Crippen LogP contribution in [0.3, 0.4) is 0 Å². The summed E-state index contributed by atoms with van der Waals surface area (Å²) in [5, 5.41) is 6.30. The standard InChI is InChI=1S/C21H23FN4O2S/c1-23-21(25-12-14-7-8-16(22)11-15(14)13-29-2)24-9-10-26-19(27)17-5-3-4-6-18(17)20(26)28/h3-8,11H,9-10,12-13H2,1-2H3,(H2,23,24,25). The van der Waals surface area contributed by atoms with Crippen LogP contribution in [0.2, 0.25) is 0 Å². The molecular weight excluding hydrogens is 391 g/mol. The second-order valence-corrected chi connectivity index (χ2v) is 7.37. The summed E-state index contributed by atoms with van der Waals surface area (Å²) < 4.78 is 13.5. The van der Waals surface area contributed by atoms with E-state index in [1.54, 1.807) is 55.2 Å². The Morgan fingerprint density at radius 1 is 1.07 bits per heavy atom. The van der Waals surface area contributed by atoms with E-state index >= 15 is 0 Å². The van der Waals surface area contributed by atoms with Gasteiger partial charge >= 0.3 is 0 Å². The number of thioether (sulfide) groups is 1. The highest BCUT2D eigenvalue weighted by Gasteiger charge is 2.34. The number of carbonyl (C=O) groups is 2. The Morgan fingerprint density at radius 3 is 2.38 bits per heavy atom. The minimum Gasteiger partial charge on any atom is -0.355 e. The van der Waals surface area contributed by atoms with Crippen molar-refractivity contribution in [1.29, 1.82) is 0 Å². The molecule has 2 aromatic carbocycles. The van der Waals surface area contributed by atoms with E-state index in [4.69, 9.17) is 0 Å². The maximum atomic E-state index is 13.5. The molecule has 0 saturated carbocycles. The number of rotatable bonds is 7. The molecule has 0 bridgehead atoms. The van der Waals surface area contributed by atoms with Crippen LogP contribution >= 0.6 is 11.8 Å². The molecule has 29 heavy (non-hydrogen) atoms. The average molecular weight is 415 g/mol. The van der Waals surface area contributed by atoms with Gasteiger partial charge in [0.25, 0.3) is 11.8 Å². The van der Waals surface area contributed by atoms with Gasteiger partial charge in [-0.05, 0) is 41.6 Å². The summed E-state index contributed by atoms with van der Waals surface area (Å²) in [5.74, 6) is 0.467. The molecular formula is C21H23FN4O2S. The molecule has 1 aliphatic heterocycles. The smallest absolute Gasteiger partial charge is 0.261 e. The zero-order chi connectivity index (χ0) is 20.8. The summed E-state index contributed by atoms with van der Waals surface area (Å²) in [6.07, 6.45) is 1.97. The first-order valence-corrected chi connectivity index (χ1v) is 10.6. The Labute approximate surface area is 173 Å². The number of carbonyl (C=O) groups excluding carboxylic acids is 2. The molecule has 0 aromatic heterocycles. The molecule has 1 heterocycles. The zero-order valence-electron chi connectivity index (χ0n) is 16.4. The van der Waals surface area contributed by atoms with Crippen molar-refractivity contribution in [3.8, 4) is 0 Å². The molecule has 8 heteroatoms. The summed E-state index contributed by atoms with van der Waals surface area (Å²) in [6.45, 7) is 1.09. The quantitative estimate of drug-likeness (QED) is 0.414. The van der Waals surface area contributed by atoms with Gasteiger partial charge in [-0.3, -0.25) is 19.5 Å². The number of aliphatic imine (C=N–C) groups is 1. The van der Waals surface area contributed by atoms with Crippen molar-refractivity contribution in [3.05, 3.63) is 70.5 Å². The lowest BCUT2D eigenvalue weighted by Crippen LogP contribution is -2.42. The molecule has 0 saturated heterocycles. The number of amides is 2. The maximum Gasteiger partial charge on any atom is 0.261 e. The molecule has 2 amide bonds. The van der Waals surface area contributed by atoms with Crippen molar-refractivity contribution in [2.75, 3.05) is 26.4 Å². The van der Waals surface area contributed by atoms with E-state index in [0.717, 1.165) is 16.9 Å². The van der Waals surface area contributed by atoms with Crippen molar-refractivity contribution in [2.24, 2.45) is 4.99 Å². The first-order chi connectivity index (χ1) is 14.0. The summed E-state index contributed by atoms with van der Waals surface area (Å²) in [6, 6.07) is 11.6. The Kier molecular flexibility index (Phi) is 6.87. The molecule has 0 unspecified atom stereocenters. The minimum atomic E-state index is -0.275. The van der Waals surface area contributed by atoms with Crippen molar-refractivity contribution in [3.63, 3.8) is 0 Å². The van der Waals surface area contributed by atoms with Crippen LogP contribution in [0.25, 0.3) is 0 Å². The first-order valence-electron chi connectivity index (χ1n) is 9.21. The number of hydrogen-bond acceptors (Lipinski definition) is 4. The van der Waals surface area contributed by atoms with Gasteiger partial charge in [0.2, 0.25) is 0 Å². The molecule has 0 spiro atoms. The SMILES string of the molecule is CN=C(NCCN1C(=O)c2ccccc2C1=O)NCc1ccc(F)cc1CSC. The maximum absolute atomic E-state index is 13.5. The minimum absolute atomic E-state index is 0.237. The van der Waals surface area contributed by atoms with Crippen LogP contribution < -0.4 is 10.6 Å². The predicted octanol–water partition coefficient (Wildman–Crippen LogP) is 2.65. The van der Waals surface area contributed by atoms with Crippen LogP contribution in [0.4, 0.5) is 4.39 Å². The lowest BCUT2D eigenvalue weighted by Gasteiger charge is -2.17. The van der Waals surface area contributed by atoms with E-state index < -0.39 is 0 Å². The number of nitrogens with one attached hydrogen (secondary N) is 2. The highest BCUT2D eigenvalue weighted by molar-refractivity contribution is 7.97. The predicted molar refractivity (Wildman–Crippen MR) is 114 cm³/mol. The number of guanidine groups is 1. The molecule has 3 rings (SSSR count). The number of imide groups is 1. The third-order valence-electron chi connectivity index (χ3n) is 4.64. The van der Waals surface area contributed by atoms with Crippen LogP contribution in [-0.2, 0) is 12.3 Å². The number of benzene rings is 2.